The van der Waals surface area contributed by atoms with Gasteiger partial charge in [-0.05, 0) is 88.3 Å². The van der Waals surface area contributed by atoms with Gasteiger partial charge in [0, 0.05) is 14.3 Å². The van der Waals surface area contributed by atoms with Crippen molar-refractivity contribution in [3.63, 3.8) is 0 Å². The van der Waals surface area contributed by atoms with Crippen molar-refractivity contribution in [3.8, 4) is 11.5 Å². The van der Waals surface area contributed by atoms with Gasteiger partial charge in [0.25, 0.3) is 0 Å². The number of methoxy groups -OCH3 is 1. The van der Waals surface area contributed by atoms with Crippen LogP contribution >= 0.6 is 38.5 Å². The Morgan fingerprint density at radius 3 is 2.54 bits per heavy atom. The van der Waals surface area contributed by atoms with E-state index in [1.165, 1.54) is 3.57 Å². The molecule has 0 saturated carbocycles. The number of nitrogens with zero attached hydrogens (tertiary/aromatic N) is 1. The Kier molecular flexibility index (Phi) is 6.68. The van der Waals surface area contributed by atoms with Gasteiger partial charge in [-0.25, -0.2) is 0 Å². The van der Waals surface area contributed by atoms with Crippen molar-refractivity contribution < 1.29 is 9.47 Å². The van der Waals surface area contributed by atoms with E-state index < -0.39 is 0 Å². The summed E-state index contributed by atoms with van der Waals surface area (Å²) in [4.78, 5) is 4.50. The molecule has 3 aromatic carbocycles. The Morgan fingerprint density at radius 1 is 1.00 bits per heavy atom. The molecule has 3 aromatic rings. The average molecular weight is 522 g/mol. The molecule has 0 atom stereocenters. The molecule has 0 aliphatic carbocycles. The van der Waals surface area contributed by atoms with Gasteiger partial charge < -0.3 is 9.47 Å². The first-order chi connectivity index (χ1) is 12.6. The van der Waals surface area contributed by atoms with Crippen molar-refractivity contribution in [2.75, 3.05) is 7.11 Å². The molecule has 5 heteroatoms. The van der Waals surface area contributed by atoms with Gasteiger partial charge in [-0.2, -0.15) is 0 Å². The van der Waals surface area contributed by atoms with Crippen molar-refractivity contribution >= 4 is 50.4 Å². The topological polar surface area (TPSA) is 30.8 Å². The van der Waals surface area contributed by atoms with Gasteiger partial charge in [-0.3, -0.25) is 4.99 Å². The zero-order chi connectivity index (χ0) is 18.4. The highest BCUT2D eigenvalue weighted by atomic mass is 127. The van der Waals surface area contributed by atoms with Gasteiger partial charge in [-0.1, -0.05) is 28.1 Å². The SMILES string of the molecule is COc1cc(C=Nc2ccc(I)cc2)ccc1OCc1cccc(Br)c1. The third kappa shape index (κ3) is 5.32. The lowest BCUT2D eigenvalue weighted by Gasteiger charge is -2.11. The molecule has 0 bridgehead atoms. The fraction of sp³-hybridized carbons (Fsp3) is 0.0952. The van der Waals surface area contributed by atoms with Crippen LogP contribution in [0.25, 0.3) is 0 Å². The standard InChI is InChI=1S/C21H17BrINO2/c1-25-21-12-15(13-24-19-8-6-18(23)7-9-19)5-10-20(21)26-14-16-3-2-4-17(22)11-16/h2-13H,14H2,1H3. The molecular weight excluding hydrogens is 505 g/mol. The van der Waals surface area contributed by atoms with Crippen LogP contribution in [0, 0.1) is 3.57 Å². The second-order valence-corrected chi connectivity index (χ2v) is 7.72. The van der Waals surface area contributed by atoms with Crippen molar-refractivity contribution in [1.29, 1.82) is 0 Å². The smallest absolute Gasteiger partial charge is 0.161 e. The first-order valence-corrected chi connectivity index (χ1v) is 9.86. The van der Waals surface area contributed by atoms with Crippen LogP contribution in [-0.2, 0) is 6.61 Å². The Bertz CT molecular complexity index is 910. The normalized spacial score (nSPS) is 10.9. The van der Waals surface area contributed by atoms with Crippen molar-refractivity contribution in [1.82, 2.24) is 0 Å². The summed E-state index contributed by atoms with van der Waals surface area (Å²) in [6.45, 7) is 0.478. The summed E-state index contributed by atoms with van der Waals surface area (Å²) >= 11 is 5.75. The largest absolute Gasteiger partial charge is 0.493 e. The number of rotatable bonds is 6. The van der Waals surface area contributed by atoms with Crippen LogP contribution in [0.2, 0.25) is 0 Å². The van der Waals surface area contributed by atoms with E-state index in [2.05, 4.69) is 43.5 Å². The minimum absolute atomic E-state index is 0.478. The summed E-state index contributed by atoms with van der Waals surface area (Å²) in [6, 6.07) is 21.9. The van der Waals surface area contributed by atoms with Crippen molar-refractivity contribution in [3.05, 3.63) is 85.9 Å². The average Bonchev–Trinajstić information content (AvgIpc) is 2.66. The predicted octanol–water partition coefficient (Wildman–Crippen LogP) is 6.39. The van der Waals surface area contributed by atoms with Gasteiger partial charge in [0.1, 0.15) is 6.61 Å². The molecule has 0 unspecified atom stereocenters. The summed E-state index contributed by atoms with van der Waals surface area (Å²) < 4.78 is 13.6. The van der Waals surface area contributed by atoms with E-state index in [4.69, 9.17) is 9.47 Å². The lowest BCUT2D eigenvalue weighted by atomic mass is 10.2. The molecule has 0 fully saturated rings. The molecule has 0 N–H and O–H groups in total. The van der Waals surface area contributed by atoms with Gasteiger partial charge in [0.05, 0.1) is 12.8 Å². The molecule has 3 nitrogen and oxygen atoms in total. The molecule has 0 amide bonds. The summed E-state index contributed by atoms with van der Waals surface area (Å²) in [6.07, 6.45) is 1.82. The van der Waals surface area contributed by atoms with Gasteiger partial charge in [0.15, 0.2) is 11.5 Å². The third-order valence-corrected chi connectivity index (χ3v) is 4.87. The molecule has 0 radical (unpaired) electrons. The summed E-state index contributed by atoms with van der Waals surface area (Å²) in [5, 5.41) is 0. The molecule has 0 spiro atoms. The molecular formula is C21H17BrINO2. The minimum atomic E-state index is 0.478. The second-order valence-electron chi connectivity index (χ2n) is 5.56. The highest BCUT2D eigenvalue weighted by Gasteiger charge is 2.06. The van der Waals surface area contributed by atoms with Crippen LogP contribution in [0.4, 0.5) is 5.69 Å². The Hall–Kier alpha value is -1.86. The number of ether oxygens (including phenoxy) is 2. The number of halogens is 2. The quantitative estimate of drug-likeness (QED) is 0.278. The predicted molar refractivity (Wildman–Crippen MR) is 118 cm³/mol. The molecule has 0 saturated heterocycles. The Balaban J connectivity index is 1.71. The van der Waals surface area contributed by atoms with Crippen molar-refractivity contribution in [2.45, 2.75) is 6.61 Å². The second kappa shape index (κ2) is 9.19. The van der Waals surface area contributed by atoms with Crippen LogP contribution in [0.15, 0.2) is 76.2 Å². The van der Waals surface area contributed by atoms with Crippen LogP contribution < -0.4 is 9.47 Å². The zero-order valence-corrected chi connectivity index (χ0v) is 17.9. The van der Waals surface area contributed by atoms with Crippen LogP contribution in [-0.4, -0.2) is 13.3 Å². The first kappa shape index (κ1) is 18.9. The number of benzene rings is 3. The van der Waals surface area contributed by atoms with Crippen molar-refractivity contribution in [2.24, 2.45) is 4.99 Å². The number of hydrogen-bond donors (Lipinski definition) is 0. The highest BCUT2D eigenvalue weighted by molar-refractivity contribution is 14.1. The summed E-state index contributed by atoms with van der Waals surface area (Å²) in [7, 11) is 1.64. The fourth-order valence-electron chi connectivity index (χ4n) is 2.35. The summed E-state index contributed by atoms with van der Waals surface area (Å²) in [5.74, 6) is 1.39. The molecule has 132 valence electrons. The fourth-order valence-corrected chi connectivity index (χ4v) is 3.15. The maximum absolute atomic E-state index is 5.91. The van der Waals surface area contributed by atoms with Gasteiger partial charge in [0.2, 0.25) is 0 Å². The Labute approximate surface area is 175 Å². The third-order valence-electron chi connectivity index (χ3n) is 3.66. The van der Waals surface area contributed by atoms with Crippen LogP contribution in [0.1, 0.15) is 11.1 Å². The van der Waals surface area contributed by atoms with Crippen LogP contribution in [0.5, 0.6) is 11.5 Å². The van der Waals surface area contributed by atoms with E-state index in [9.17, 15) is 0 Å². The van der Waals surface area contributed by atoms with E-state index in [1.807, 2.05) is 72.9 Å². The molecule has 0 heterocycles. The maximum atomic E-state index is 5.91. The van der Waals surface area contributed by atoms with Crippen LogP contribution in [0.3, 0.4) is 0 Å². The molecule has 3 rings (SSSR count). The number of aliphatic imine (C=N–C) groups is 1. The van der Waals surface area contributed by atoms with E-state index in [-0.39, 0.29) is 0 Å². The summed E-state index contributed by atoms with van der Waals surface area (Å²) in [5.41, 5.74) is 2.96. The molecule has 0 aliphatic heterocycles. The Morgan fingerprint density at radius 2 is 1.81 bits per heavy atom. The first-order valence-electron chi connectivity index (χ1n) is 7.99. The molecule has 0 aromatic heterocycles. The molecule has 26 heavy (non-hydrogen) atoms. The molecule has 0 aliphatic rings. The lowest BCUT2D eigenvalue weighted by Crippen LogP contribution is -1.98. The lowest BCUT2D eigenvalue weighted by molar-refractivity contribution is 0.284. The zero-order valence-electron chi connectivity index (χ0n) is 14.2. The van der Waals surface area contributed by atoms with E-state index in [0.29, 0.717) is 18.1 Å². The van der Waals surface area contributed by atoms with E-state index in [1.54, 1.807) is 7.11 Å². The minimum Gasteiger partial charge on any atom is -0.493 e. The highest BCUT2D eigenvalue weighted by Crippen LogP contribution is 2.29. The monoisotopic (exact) mass is 521 g/mol. The van der Waals surface area contributed by atoms with E-state index in [0.717, 1.165) is 21.3 Å². The van der Waals surface area contributed by atoms with Gasteiger partial charge in [-0.15, -0.1) is 0 Å². The van der Waals surface area contributed by atoms with Gasteiger partial charge >= 0.3 is 0 Å². The maximum Gasteiger partial charge on any atom is 0.161 e. The van der Waals surface area contributed by atoms with E-state index >= 15 is 0 Å². The number of hydrogen-bond acceptors (Lipinski definition) is 3.